The molecule has 102 valence electrons. The van der Waals surface area contributed by atoms with Crippen LogP contribution in [0.1, 0.15) is 16.8 Å². The zero-order valence-electron chi connectivity index (χ0n) is 10.7. The first-order valence-corrected chi connectivity index (χ1v) is 6.30. The number of fused-ring (bicyclic) bond motifs is 1. The highest BCUT2D eigenvalue weighted by Crippen LogP contribution is 2.30. The van der Waals surface area contributed by atoms with Crippen molar-refractivity contribution in [3.05, 3.63) is 42.4 Å². The lowest BCUT2D eigenvalue weighted by atomic mass is 10.2. The molecule has 2 aromatic rings. The van der Waals surface area contributed by atoms with Gasteiger partial charge in [-0.25, -0.2) is 9.97 Å². The summed E-state index contributed by atoms with van der Waals surface area (Å²) >= 11 is 0. The first-order valence-electron chi connectivity index (χ1n) is 6.30. The van der Waals surface area contributed by atoms with Gasteiger partial charge >= 0.3 is 0 Å². The van der Waals surface area contributed by atoms with E-state index in [2.05, 4.69) is 15.3 Å². The summed E-state index contributed by atoms with van der Waals surface area (Å²) in [5.74, 6) is 1.47. The quantitative estimate of drug-likeness (QED) is 0.903. The van der Waals surface area contributed by atoms with Crippen molar-refractivity contribution in [3.8, 4) is 11.5 Å². The smallest absolute Gasteiger partial charge is 0.256 e. The summed E-state index contributed by atoms with van der Waals surface area (Å²) in [4.78, 5) is 19.9. The summed E-state index contributed by atoms with van der Waals surface area (Å²) in [6.07, 6.45) is 3.78. The minimum absolute atomic E-state index is 0.251. The maximum atomic E-state index is 12.1. The van der Waals surface area contributed by atoms with Gasteiger partial charge in [-0.3, -0.25) is 4.79 Å². The molecule has 0 spiro atoms. The van der Waals surface area contributed by atoms with Gasteiger partial charge in [-0.2, -0.15) is 0 Å². The second-order valence-electron chi connectivity index (χ2n) is 4.26. The SMILES string of the molecule is O=C(Nc1ccncn1)c1ccc2c(c1)OCCCO2. The van der Waals surface area contributed by atoms with Gasteiger partial charge in [-0.05, 0) is 24.3 Å². The Balaban J connectivity index is 1.80. The lowest BCUT2D eigenvalue weighted by Gasteiger charge is -2.09. The van der Waals surface area contributed by atoms with Crippen molar-refractivity contribution in [2.75, 3.05) is 18.5 Å². The maximum absolute atomic E-state index is 12.1. The monoisotopic (exact) mass is 271 g/mol. The Morgan fingerprint density at radius 2 is 2.00 bits per heavy atom. The minimum atomic E-state index is -0.251. The molecule has 6 heteroatoms. The third-order valence-corrected chi connectivity index (χ3v) is 2.83. The first kappa shape index (κ1) is 12.4. The van der Waals surface area contributed by atoms with Gasteiger partial charge in [-0.1, -0.05) is 0 Å². The first-order chi connectivity index (χ1) is 9.83. The number of hydrogen-bond acceptors (Lipinski definition) is 5. The molecule has 2 heterocycles. The van der Waals surface area contributed by atoms with Crippen LogP contribution in [0, 0.1) is 0 Å². The van der Waals surface area contributed by atoms with E-state index >= 15 is 0 Å². The van der Waals surface area contributed by atoms with Gasteiger partial charge in [0.1, 0.15) is 12.1 Å². The Kier molecular flexibility index (Phi) is 3.45. The normalized spacial score (nSPS) is 13.4. The third-order valence-electron chi connectivity index (χ3n) is 2.83. The molecule has 6 nitrogen and oxygen atoms in total. The van der Waals surface area contributed by atoms with Crippen LogP contribution in [0.15, 0.2) is 36.8 Å². The van der Waals surface area contributed by atoms with Gasteiger partial charge in [0.25, 0.3) is 5.91 Å². The van der Waals surface area contributed by atoms with E-state index in [1.165, 1.54) is 6.33 Å². The number of rotatable bonds is 2. The van der Waals surface area contributed by atoms with E-state index in [-0.39, 0.29) is 5.91 Å². The lowest BCUT2D eigenvalue weighted by molar-refractivity contribution is 0.102. The van der Waals surface area contributed by atoms with E-state index in [4.69, 9.17) is 9.47 Å². The van der Waals surface area contributed by atoms with Crippen molar-refractivity contribution in [3.63, 3.8) is 0 Å². The molecule has 1 aromatic carbocycles. The Bertz CT molecular complexity index is 616. The number of hydrogen-bond donors (Lipinski definition) is 1. The number of nitrogens with zero attached hydrogens (tertiary/aromatic N) is 2. The van der Waals surface area contributed by atoms with Crippen molar-refractivity contribution < 1.29 is 14.3 Å². The van der Waals surface area contributed by atoms with E-state index in [1.54, 1.807) is 30.5 Å². The van der Waals surface area contributed by atoms with Crippen LogP contribution in [0.3, 0.4) is 0 Å². The fraction of sp³-hybridized carbons (Fsp3) is 0.214. The van der Waals surface area contributed by atoms with Crippen molar-refractivity contribution >= 4 is 11.7 Å². The standard InChI is InChI=1S/C14H13N3O3/c18-14(17-13-4-5-15-9-16-13)10-2-3-11-12(8-10)20-7-1-6-19-11/h2-5,8-9H,1,6-7H2,(H,15,16,17,18). The lowest BCUT2D eigenvalue weighted by Crippen LogP contribution is -2.13. The molecular formula is C14H13N3O3. The minimum Gasteiger partial charge on any atom is -0.490 e. The number of nitrogens with one attached hydrogen (secondary N) is 1. The summed E-state index contributed by atoms with van der Waals surface area (Å²) in [5, 5.41) is 2.69. The fourth-order valence-electron chi connectivity index (χ4n) is 1.86. The molecule has 1 aliphatic rings. The van der Waals surface area contributed by atoms with E-state index in [1.807, 2.05) is 0 Å². The molecule has 1 aliphatic heterocycles. The summed E-state index contributed by atoms with van der Waals surface area (Å²) in [6.45, 7) is 1.21. The molecule has 3 rings (SSSR count). The second kappa shape index (κ2) is 5.56. The molecule has 1 N–H and O–H groups in total. The van der Waals surface area contributed by atoms with Gasteiger partial charge in [-0.15, -0.1) is 0 Å². The summed E-state index contributed by atoms with van der Waals surface area (Å²) < 4.78 is 11.1. The predicted molar refractivity (Wildman–Crippen MR) is 72.0 cm³/mol. The molecule has 1 aromatic heterocycles. The van der Waals surface area contributed by atoms with E-state index < -0.39 is 0 Å². The number of benzene rings is 1. The summed E-state index contributed by atoms with van der Waals surface area (Å²) in [5.41, 5.74) is 0.493. The molecule has 20 heavy (non-hydrogen) atoms. The molecule has 0 atom stereocenters. The van der Waals surface area contributed by atoms with Crippen molar-refractivity contribution in [1.82, 2.24) is 9.97 Å². The van der Waals surface area contributed by atoms with Crippen LogP contribution in [0.25, 0.3) is 0 Å². The van der Waals surface area contributed by atoms with Crippen LogP contribution in [-0.4, -0.2) is 29.1 Å². The number of aromatic nitrogens is 2. The number of carbonyl (C=O) groups is 1. The van der Waals surface area contributed by atoms with Crippen LogP contribution in [0.4, 0.5) is 5.82 Å². The van der Waals surface area contributed by atoms with E-state index in [0.717, 1.165) is 6.42 Å². The van der Waals surface area contributed by atoms with Crippen molar-refractivity contribution in [2.45, 2.75) is 6.42 Å². The van der Waals surface area contributed by atoms with Crippen molar-refractivity contribution in [2.24, 2.45) is 0 Å². The van der Waals surface area contributed by atoms with E-state index in [9.17, 15) is 4.79 Å². The van der Waals surface area contributed by atoms with Gasteiger partial charge in [0.2, 0.25) is 0 Å². The molecule has 0 aliphatic carbocycles. The number of carbonyl (C=O) groups excluding carboxylic acids is 1. The Labute approximate surface area is 115 Å². The highest BCUT2D eigenvalue weighted by molar-refractivity contribution is 6.04. The number of amides is 1. The van der Waals surface area contributed by atoms with Crippen molar-refractivity contribution in [1.29, 1.82) is 0 Å². The van der Waals surface area contributed by atoms with Gasteiger partial charge in [0.15, 0.2) is 11.5 Å². The zero-order chi connectivity index (χ0) is 13.8. The fourth-order valence-corrected chi connectivity index (χ4v) is 1.86. The van der Waals surface area contributed by atoms with Crippen LogP contribution in [-0.2, 0) is 0 Å². The highest BCUT2D eigenvalue weighted by atomic mass is 16.5. The molecule has 0 unspecified atom stereocenters. The van der Waals surface area contributed by atoms with E-state index in [0.29, 0.717) is 36.1 Å². The van der Waals surface area contributed by atoms with Crippen LogP contribution in [0.2, 0.25) is 0 Å². The maximum Gasteiger partial charge on any atom is 0.256 e. The molecule has 0 fully saturated rings. The van der Waals surface area contributed by atoms with Crippen LogP contribution in [0.5, 0.6) is 11.5 Å². The van der Waals surface area contributed by atoms with Gasteiger partial charge in [0.05, 0.1) is 13.2 Å². The molecule has 0 saturated carbocycles. The number of ether oxygens (including phenoxy) is 2. The van der Waals surface area contributed by atoms with Gasteiger partial charge < -0.3 is 14.8 Å². The molecule has 1 amide bonds. The molecule has 0 saturated heterocycles. The summed E-state index contributed by atoms with van der Waals surface area (Å²) in [7, 11) is 0. The zero-order valence-corrected chi connectivity index (χ0v) is 10.7. The Morgan fingerprint density at radius 3 is 2.80 bits per heavy atom. The Morgan fingerprint density at radius 1 is 1.15 bits per heavy atom. The second-order valence-corrected chi connectivity index (χ2v) is 4.26. The third kappa shape index (κ3) is 2.69. The predicted octanol–water partition coefficient (Wildman–Crippen LogP) is 1.89. The highest BCUT2D eigenvalue weighted by Gasteiger charge is 2.14. The average Bonchev–Trinajstić information content (AvgIpc) is 2.72. The Hall–Kier alpha value is -2.63. The molecule has 0 radical (unpaired) electrons. The number of anilines is 1. The van der Waals surface area contributed by atoms with Crippen LogP contribution >= 0.6 is 0 Å². The van der Waals surface area contributed by atoms with Gasteiger partial charge in [0, 0.05) is 18.2 Å². The topological polar surface area (TPSA) is 73.3 Å². The van der Waals surface area contributed by atoms with Crippen LogP contribution < -0.4 is 14.8 Å². The summed E-state index contributed by atoms with van der Waals surface area (Å²) in [6, 6.07) is 6.75. The molecular weight excluding hydrogens is 258 g/mol. The molecule has 0 bridgehead atoms. The largest absolute Gasteiger partial charge is 0.490 e. The average molecular weight is 271 g/mol.